The minimum atomic E-state index is -1.28. The second kappa shape index (κ2) is 8.91. The van der Waals surface area contributed by atoms with Crippen LogP contribution in [0.4, 0.5) is 5.69 Å². The van der Waals surface area contributed by atoms with Crippen LogP contribution in [0.2, 0.25) is 0 Å². The van der Waals surface area contributed by atoms with E-state index in [-0.39, 0.29) is 18.3 Å². The summed E-state index contributed by atoms with van der Waals surface area (Å²) >= 11 is 5.08. The minimum absolute atomic E-state index is 0.132. The molecular formula is C14H18N2O4S. The van der Waals surface area contributed by atoms with Crippen molar-refractivity contribution in [1.29, 1.82) is 0 Å². The van der Waals surface area contributed by atoms with Crippen LogP contribution in [0.15, 0.2) is 30.3 Å². The Morgan fingerprint density at radius 2 is 1.62 bits per heavy atom. The van der Waals surface area contributed by atoms with Crippen molar-refractivity contribution in [1.82, 2.24) is 5.32 Å². The number of thiocarbonyl (C=S) groups is 1. The number of carbonyl (C=O) groups excluding carboxylic acids is 2. The highest BCUT2D eigenvalue weighted by Crippen LogP contribution is 2.05. The Morgan fingerprint density at radius 3 is 2.10 bits per heavy atom. The van der Waals surface area contributed by atoms with Gasteiger partial charge < -0.3 is 20.1 Å². The summed E-state index contributed by atoms with van der Waals surface area (Å²) in [7, 11) is 0. The number of ether oxygens (including phenoxy) is 2. The van der Waals surface area contributed by atoms with Gasteiger partial charge in [-0.3, -0.25) is 0 Å². The molecule has 2 N–H and O–H groups in total. The van der Waals surface area contributed by atoms with E-state index < -0.39 is 18.0 Å². The molecule has 0 saturated heterocycles. The molecule has 0 aromatic heterocycles. The van der Waals surface area contributed by atoms with E-state index in [0.717, 1.165) is 5.69 Å². The van der Waals surface area contributed by atoms with Crippen LogP contribution in [0, 0.1) is 0 Å². The van der Waals surface area contributed by atoms with Crippen molar-refractivity contribution in [3.05, 3.63) is 30.3 Å². The van der Waals surface area contributed by atoms with Gasteiger partial charge in [-0.25, -0.2) is 9.59 Å². The summed E-state index contributed by atoms with van der Waals surface area (Å²) in [5.41, 5.74) is 0.737. The normalized spacial score (nSPS) is 9.86. The summed E-state index contributed by atoms with van der Waals surface area (Å²) in [6.07, 6.45) is 0. The molecule has 1 rings (SSSR count). The van der Waals surface area contributed by atoms with Crippen LogP contribution in [-0.2, 0) is 19.1 Å². The first-order chi connectivity index (χ1) is 10.1. The third-order valence-electron chi connectivity index (χ3n) is 2.35. The lowest BCUT2D eigenvalue weighted by Crippen LogP contribution is -2.49. The Bertz CT molecular complexity index is 475. The highest BCUT2D eigenvalue weighted by atomic mass is 32.1. The highest BCUT2D eigenvalue weighted by Gasteiger charge is 2.30. The van der Waals surface area contributed by atoms with Gasteiger partial charge in [-0.1, -0.05) is 18.2 Å². The first kappa shape index (κ1) is 16.9. The molecule has 21 heavy (non-hydrogen) atoms. The lowest BCUT2D eigenvalue weighted by molar-refractivity contribution is -0.157. The van der Waals surface area contributed by atoms with Gasteiger partial charge in [0, 0.05) is 5.69 Å². The van der Waals surface area contributed by atoms with Gasteiger partial charge in [0.2, 0.25) is 6.04 Å². The third-order valence-corrected chi connectivity index (χ3v) is 2.57. The monoisotopic (exact) mass is 310 g/mol. The fourth-order valence-corrected chi connectivity index (χ4v) is 1.72. The molecule has 0 amide bonds. The van der Waals surface area contributed by atoms with Crippen LogP contribution in [0.3, 0.4) is 0 Å². The number of hydrogen-bond donors (Lipinski definition) is 2. The van der Waals surface area contributed by atoms with E-state index in [0.29, 0.717) is 0 Å². The number of esters is 2. The smallest absolute Gasteiger partial charge is 0.340 e. The van der Waals surface area contributed by atoms with Gasteiger partial charge in [0.1, 0.15) is 0 Å². The standard InChI is InChI=1S/C14H18N2O4S/c1-3-19-12(17)11(13(18)20-4-2)16-14(21)15-10-8-6-5-7-9-10/h5-9,11H,3-4H2,1-2H3,(H2,15,16,21). The maximum absolute atomic E-state index is 11.8. The van der Waals surface area contributed by atoms with E-state index >= 15 is 0 Å². The lowest BCUT2D eigenvalue weighted by atomic mass is 10.3. The summed E-state index contributed by atoms with van der Waals surface area (Å²) in [6, 6.07) is 7.85. The molecule has 0 aliphatic heterocycles. The molecule has 0 spiro atoms. The van der Waals surface area contributed by atoms with Crippen LogP contribution in [0.5, 0.6) is 0 Å². The quantitative estimate of drug-likeness (QED) is 0.468. The second-order valence-corrected chi connectivity index (χ2v) is 4.31. The molecule has 7 heteroatoms. The zero-order chi connectivity index (χ0) is 15.7. The molecule has 0 atom stereocenters. The maximum atomic E-state index is 11.8. The summed E-state index contributed by atoms with van der Waals surface area (Å²) in [4.78, 5) is 23.5. The SMILES string of the molecule is CCOC(=O)C(NC(=S)Nc1ccccc1)C(=O)OCC. The van der Waals surface area contributed by atoms with E-state index in [9.17, 15) is 9.59 Å². The number of carbonyl (C=O) groups is 2. The zero-order valence-electron chi connectivity index (χ0n) is 11.9. The van der Waals surface area contributed by atoms with Crippen LogP contribution in [-0.4, -0.2) is 36.3 Å². The molecule has 0 bridgehead atoms. The highest BCUT2D eigenvalue weighted by molar-refractivity contribution is 7.80. The van der Waals surface area contributed by atoms with Crippen molar-refractivity contribution in [2.75, 3.05) is 18.5 Å². The fraction of sp³-hybridized carbons (Fsp3) is 0.357. The lowest BCUT2D eigenvalue weighted by Gasteiger charge is -2.18. The van der Waals surface area contributed by atoms with Crippen molar-refractivity contribution in [3.63, 3.8) is 0 Å². The molecule has 0 heterocycles. The van der Waals surface area contributed by atoms with Gasteiger partial charge in [-0.15, -0.1) is 0 Å². The summed E-state index contributed by atoms with van der Waals surface area (Å²) in [5, 5.41) is 5.61. The van der Waals surface area contributed by atoms with E-state index in [4.69, 9.17) is 21.7 Å². The molecule has 0 fully saturated rings. The van der Waals surface area contributed by atoms with E-state index in [1.807, 2.05) is 18.2 Å². The van der Waals surface area contributed by atoms with Crippen molar-refractivity contribution in [2.24, 2.45) is 0 Å². The molecule has 0 radical (unpaired) electrons. The molecule has 0 unspecified atom stereocenters. The second-order valence-electron chi connectivity index (χ2n) is 3.90. The largest absolute Gasteiger partial charge is 0.464 e. The summed E-state index contributed by atoms with van der Waals surface area (Å²) in [6.45, 7) is 3.63. The van der Waals surface area contributed by atoms with Gasteiger partial charge >= 0.3 is 11.9 Å². The molecule has 0 saturated carbocycles. The van der Waals surface area contributed by atoms with Crippen molar-refractivity contribution >= 4 is 35.0 Å². The average molecular weight is 310 g/mol. The minimum Gasteiger partial charge on any atom is -0.464 e. The predicted octanol–water partition coefficient (Wildman–Crippen LogP) is 1.47. The summed E-state index contributed by atoms with van der Waals surface area (Å²) in [5.74, 6) is -1.46. The molecule has 0 aliphatic rings. The topological polar surface area (TPSA) is 76.7 Å². The Kier molecular flexibility index (Phi) is 7.17. The number of hydrogen-bond acceptors (Lipinski definition) is 5. The number of benzene rings is 1. The molecule has 1 aromatic carbocycles. The number of rotatable bonds is 6. The Morgan fingerprint density at radius 1 is 1.10 bits per heavy atom. The van der Waals surface area contributed by atoms with Crippen LogP contribution in [0.25, 0.3) is 0 Å². The number of nitrogens with one attached hydrogen (secondary N) is 2. The molecule has 0 aliphatic carbocycles. The third kappa shape index (κ3) is 5.78. The first-order valence-electron chi connectivity index (χ1n) is 6.54. The first-order valence-corrected chi connectivity index (χ1v) is 6.95. The molecule has 114 valence electrons. The Balaban J connectivity index is 2.69. The van der Waals surface area contributed by atoms with Crippen molar-refractivity contribution < 1.29 is 19.1 Å². The summed E-state index contributed by atoms with van der Waals surface area (Å²) < 4.78 is 9.67. The van der Waals surface area contributed by atoms with Gasteiger partial charge in [-0.05, 0) is 38.2 Å². The predicted molar refractivity (Wildman–Crippen MR) is 82.9 cm³/mol. The van der Waals surface area contributed by atoms with Crippen LogP contribution in [0.1, 0.15) is 13.8 Å². The van der Waals surface area contributed by atoms with E-state index in [2.05, 4.69) is 10.6 Å². The number of anilines is 1. The Labute approximate surface area is 128 Å². The molecule has 1 aromatic rings. The van der Waals surface area contributed by atoms with E-state index in [1.54, 1.807) is 26.0 Å². The van der Waals surface area contributed by atoms with Crippen LogP contribution >= 0.6 is 12.2 Å². The number of para-hydroxylation sites is 1. The molecular weight excluding hydrogens is 292 g/mol. The maximum Gasteiger partial charge on any atom is 0.340 e. The van der Waals surface area contributed by atoms with Gasteiger partial charge in [0.25, 0.3) is 0 Å². The van der Waals surface area contributed by atoms with Gasteiger partial charge in [0.15, 0.2) is 5.11 Å². The van der Waals surface area contributed by atoms with Crippen LogP contribution < -0.4 is 10.6 Å². The molecule has 6 nitrogen and oxygen atoms in total. The van der Waals surface area contributed by atoms with Gasteiger partial charge in [-0.2, -0.15) is 0 Å². The van der Waals surface area contributed by atoms with Crippen molar-refractivity contribution in [2.45, 2.75) is 19.9 Å². The van der Waals surface area contributed by atoms with Gasteiger partial charge in [0.05, 0.1) is 13.2 Å². The Hall–Kier alpha value is -2.15. The average Bonchev–Trinajstić information content (AvgIpc) is 2.46. The van der Waals surface area contributed by atoms with Crippen molar-refractivity contribution in [3.8, 4) is 0 Å². The zero-order valence-corrected chi connectivity index (χ0v) is 12.7. The van der Waals surface area contributed by atoms with E-state index in [1.165, 1.54) is 0 Å². The fourth-order valence-electron chi connectivity index (χ4n) is 1.49.